The van der Waals surface area contributed by atoms with Crippen LogP contribution in [0.3, 0.4) is 0 Å². The molecule has 3 aliphatic carbocycles. The Bertz CT molecular complexity index is 1080. The van der Waals surface area contributed by atoms with Gasteiger partial charge in [0.25, 0.3) is 0 Å². The zero-order chi connectivity index (χ0) is 20.0. The number of allylic oxidation sites excluding steroid dienone is 6. The average molecular weight is 379 g/mol. The topological polar surface area (TPSA) is 0 Å². The summed E-state index contributed by atoms with van der Waals surface area (Å²) in [5.41, 5.74) is 12.9. The summed E-state index contributed by atoms with van der Waals surface area (Å²) in [5.74, 6) is 0. The third-order valence-electron chi connectivity index (χ3n) is 7.50. The van der Waals surface area contributed by atoms with Crippen LogP contribution in [-0.2, 0) is 12.8 Å². The minimum absolute atomic E-state index is 0.412. The van der Waals surface area contributed by atoms with Crippen LogP contribution in [0.2, 0.25) is 0 Å². The molecule has 0 heteroatoms. The second-order valence-electron chi connectivity index (χ2n) is 9.09. The van der Waals surface area contributed by atoms with E-state index >= 15 is 0 Å². The van der Waals surface area contributed by atoms with Crippen molar-refractivity contribution >= 4 is 22.8 Å². The number of benzene rings is 2. The first-order chi connectivity index (χ1) is 14.1. The van der Waals surface area contributed by atoms with Crippen molar-refractivity contribution in [2.45, 2.75) is 52.4 Å². The van der Waals surface area contributed by atoms with Crippen LogP contribution in [0.25, 0.3) is 22.8 Å². The van der Waals surface area contributed by atoms with Gasteiger partial charge in [-0.15, -0.1) is 0 Å². The summed E-state index contributed by atoms with van der Waals surface area (Å²) in [5, 5.41) is 0. The first-order valence-electron chi connectivity index (χ1n) is 11.1. The molecule has 0 fully saturated rings. The number of fused-ring (bicyclic) bond motifs is 2. The lowest BCUT2D eigenvalue weighted by atomic mass is 9.66. The Labute approximate surface area is 175 Å². The molecule has 0 N–H and O–H groups in total. The third-order valence-corrected chi connectivity index (χ3v) is 7.50. The maximum Gasteiger partial charge on any atom is -0.00821 e. The highest BCUT2D eigenvalue weighted by Gasteiger charge is 2.33. The van der Waals surface area contributed by atoms with Crippen molar-refractivity contribution in [3.63, 3.8) is 0 Å². The SMILES string of the molecule is C=C1CC(CC)(CC)Cc2ccc(C3=CC(c4ccc5c(c4)C=CC5)=CC3)cc21. The van der Waals surface area contributed by atoms with Crippen LogP contribution in [-0.4, -0.2) is 0 Å². The Hall–Kier alpha value is -2.60. The van der Waals surface area contributed by atoms with Crippen LogP contribution in [0, 0.1) is 5.41 Å². The zero-order valence-corrected chi connectivity index (χ0v) is 17.7. The first-order valence-corrected chi connectivity index (χ1v) is 11.1. The van der Waals surface area contributed by atoms with Crippen molar-refractivity contribution < 1.29 is 0 Å². The van der Waals surface area contributed by atoms with Gasteiger partial charge in [0.1, 0.15) is 0 Å². The van der Waals surface area contributed by atoms with E-state index in [1.54, 1.807) is 0 Å². The molecule has 0 saturated carbocycles. The van der Waals surface area contributed by atoms with Gasteiger partial charge in [-0.25, -0.2) is 0 Å². The van der Waals surface area contributed by atoms with E-state index in [0.29, 0.717) is 5.41 Å². The van der Waals surface area contributed by atoms with Crippen molar-refractivity contribution in [1.82, 2.24) is 0 Å². The van der Waals surface area contributed by atoms with Gasteiger partial charge in [0.05, 0.1) is 0 Å². The molecule has 0 saturated heterocycles. The molecular weight excluding hydrogens is 348 g/mol. The summed E-state index contributed by atoms with van der Waals surface area (Å²) in [6.45, 7) is 9.14. The second kappa shape index (κ2) is 7.02. The van der Waals surface area contributed by atoms with Crippen LogP contribution in [0.5, 0.6) is 0 Å². The van der Waals surface area contributed by atoms with Gasteiger partial charge in [-0.1, -0.05) is 69.0 Å². The minimum Gasteiger partial charge on any atom is -0.0952 e. The van der Waals surface area contributed by atoms with Crippen LogP contribution in [0.1, 0.15) is 72.9 Å². The Morgan fingerprint density at radius 2 is 1.69 bits per heavy atom. The fourth-order valence-corrected chi connectivity index (χ4v) is 5.38. The highest BCUT2D eigenvalue weighted by Crippen LogP contribution is 2.46. The predicted molar refractivity (Wildman–Crippen MR) is 127 cm³/mol. The van der Waals surface area contributed by atoms with Gasteiger partial charge in [0, 0.05) is 0 Å². The molecule has 29 heavy (non-hydrogen) atoms. The van der Waals surface area contributed by atoms with Crippen molar-refractivity contribution in [2.75, 3.05) is 0 Å². The molecule has 3 aliphatic rings. The van der Waals surface area contributed by atoms with Crippen LogP contribution < -0.4 is 0 Å². The number of hydrogen-bond donors (Lipinski definition) is 0. The molecule has 0 unspecified atom stereocenters. The quantitative estimate of drug-likeness (QED) is 0.507. The monoisotopic (exact) mass is 378 g/mol. The number of rotatable bonds is 4. The molecule has 0 spiro atoms. The smallest absolute Gasteiger partial charge is 0.00821 e. The Balaban J connectivity index is 1.43. The Morgan fingerprint density at radius 1 is 0.897 bits per heavy atom. The lowest BCUT2D eigenvalue weighted by Gasteiger charge is -2.38. The molecule has 2 aromatic carbocycles. The van der Waals surface area contributed by atoms with Crippen LogP contribution in [0.4, 0.5) is 0 Å². The summed E-state index contributed by atoms with van der Waals surface area (Å²) in [6.07, 6.45) is 16.2. The van der Waals surface area contributed by atoms with E-state index in [2.05, 4.69) is 81.1 Å². The Kier molecular flexibility index (Phi) is 4.46. The van der Waals surface area contributed by atoms with Crippen molar-refractivity contribution in [1.29, 1.82) is 0 Å². The van der Waals surface area contributed by atoms with E-state index in [-0.39, 0.29) is 0 Å². The molecule has 0 nitrogen and oxygen atoms in total. The highest BCUT2D eigenvalue weighted by molar-refractivity contribution is 5.90. The maximum atomic E-state index is 4.47. The van der Waals surface area contributed by atoms with Gasteiger partial charge < -0.3 is 0 Å². The van der Waals surface area contributed by atoms with Crippen molar-refractivity contribution in [3.05, 3.63) is 94.6 Å². The first kappa shape index (κ1) is 18.4. The molecule has 0 amide bonds. The van der Waals surface area contributed by atoms with Gasteiger partial charge >= 0.3 is 0 Å². The van der Waals surface area contributed by atoms with E-state index in [1.807, 2.05) is 0 Å². The minimum atomic E-state index is 0.412. The van der Waals surface area contributed by atoms with E-state index in [4.69, 9.17) is 0 Å². The molecule has 0 aliphatic heterocycles. The standard InChI is InChI=1S/C29H30/c1-4-29(5-2)18-20(3)28-17-26(13-14-27(28)19-29)25-12-11-24(16-25)23-10-9-21-7-6-8-22(21)15-23/h6,8-11,13-17H,3-5,7,12,18-19H2,1-2H3. The summed E-state index contributed by atoms with van der Waals surface area (Å²) >= 11 is 0. The van der Waals surface area contributed by atoms with E-state index in [0.717, 1.165) is 19.3 Å². The van der Waals surface area contributed by atoms with Gasteiger partial charge in [-0.2, -0.15) is 0 Å². The predicted octanol–water partition coefficient (Wildman–Crippen LogP) is 7.89. The fraction of sp³-hybridized carbons (Fsp3) is 0.310. The molecular formula is C29H30. The van der Waals surface area contributed by atoms with Crippen LogP contribution >= 0.6 is 0 Å². The molecule has 0 atom stereocenters. The van der Waals surface area contributed by atoms with Gasteiger partial charge in [-0.3, -0.25) is 0 Å². The van der Waals surface area contributed by atoms with E-state index < -0.39 is 0 Å². The average Bonchev–Trinajstić information content (AvgIpc) is 3.42. The maximum absolute atomic E-state index is 4.47. The van der Waals surface area contributed by atoms with E-state index in [1.165, 1.54) is 69.4 Å². The molecule has 0 aromatic heterocycles. The lowest BCUT2D eigenvalue weighted by Crippen LogP contribution is -2.26. The molecule has 5 rings (SSSR count). The van der Waals surface area contributed by atoms with Crippen LogP contribution in [0.15, 0.2) is 61.2 Å². The molecule has 0 heterocycles. The fourth-order valence-electron chi connectivity index (χ4n) is 5.38. The molecule has 2 aromatic rings. The van der Waals surface area contributed by atoms with Gasteiger partial charge in [-0.05, 0) is 106 Å². The van der Waals surface area contributed by atoms with Crippen molar-refractivity contribution in [2.24, 2.45) is 5.41 Å². The third kappa shape index (κ3) is 3.15. The largest absolute Gasteiger partial charge is 0.0952 e. The van der Waals surface area contributed by atoms with Gasteiger partial charge in [0.2, 0.25) is 0 Å². The lowest BCUT2D eigenvalue weighted by molar-refractivity contribution is 0.261. The Morgan fingerprint density at radius 3 is 2.52 bits per heavy atom. The normalized spacial score (nSPS) is 19.0. The summed E-state index contributed by atoms with van der Waals surface area (Å²) < 4.78 is 0. The molecule has 0 radical (unpaired) electrons. The molecule has 0 bridgehead atoms. The summed E-state index contributed by atoms with van der Waals surface area (Å²) in [7, 11) is 0. The highest BCUT2D eigenvalue weighted by atomic mass is 14.4. The van der Waals surface area contributed by atoms with Crippen molar-refractivity contribution in [3.8, 4) is 0 Å². The summed E-state index contributed by atoms with van der Waals surface area (Å²) in [6, 6.07) is 14.0. The second-order valence-corrected chi connectivity index (χ2v) is 9.09. The van der Waals surface area contributed by atoms with Gasteiger partial charge in [0.15, 0.2) is 0 Å². The molecule has 146 valence electrons. The van der Waals surface area contributed by atoms with E-state index in [9.17, 15) is 0 Å². The summed E-state index contributed by atoms with van der Waals surface area (Å²) in [4.78, 5) is 0. The number of hydrogen-bond acceptors (Lipinski definition) is 0. The zero-order valence-electron chi connectivity index (χ0n) is 17.7.